The van der Waals surface area contributed by atoms with Crippen molar-refractivity contribution in [3.63, 3.8) is 0 Å². The lowest BCUT2D eigenvalue weighted by molar-refractivity contribution is 0.833. The molecule has 0 aliphatic carbocycles. The molecule has 2 aromatic rings. The van der Waals surface area contributed by atoms with Crippen molar-refractivity contribution in [2.75, 3.05) is 0 Å². The summed E-state index contributed by atoms with van der Waals surface area (Å²) in [6.07, 6.45) is 0. The highest BCUT2D eigenvalue weighted by Crippen LogP contribution is 2.08. The highest BCUT2D eigenvalue weighted by atomic mass is 32.1. The minimum absolute atomic E-state index is 0.365. The summed E-state index contributed by atoms with van der Waals surface area (Å²) in [6.45, 7) is 0. The van der Waals surface area contributed by atoms with Crippen LogP contribution in [0.5, 0.6) is 0 Å². The molecule has 0 atom stereocenters. The molecular weight excluding hydrogens is 178 g/mol. The number of H-pyrrole nitrogens is 1. The first-order valence-electron chi connectivity index (χ1n) is 3.22. The maximum absolute atomic E-state index is 11.1. The summed E-state index contributed by atoms with van der Waals surface area (Å²) in [4.78, 5) is 28.2. The lowest BCUT2D eigenvalue weighted by Crippen LogP contribution is -2.27. The standard InChI is InChI=1S/C6H5N3O2S/c1-9-4-3(12-2-7-4)5(10)8-6(9)11/h2H,1H3,(H,8,10,11). The number of fused-ring (bicyclic) bond motifs is 1. The van der Waals surface area contributed by atoms with Crippen molar-refractivity contribution in [2.45, 2.75) is 0 Å². The third kappa shape index (κ3) is 0.814. The van der Waals surface area contributed by atoms with E-state index in [0.717, 1.165) is 0 Å². The molecule has 6 heteroatoms. The van der Waals surface area contributed by atoms with Crippen molar-refractivity contribution in [1.29, 1.82) is 0 Å². The van der Waals surface area contributed by atoms with Crippen LogP contribution in [0.1, 0.15) is 0 Å². The summed E-state index contributed by atoms with van der Waals surface area (Å²) in [7, 11) is 1.57. The molecule has 12 heavy (non-hydrogen) atoms. The highest BCUT2D eigenvalue weighted by molar-refractivity contribution is 7.16. The minimum Gasteiger partial charge on any atom is -0.280 e. The van der Waals surface area contributed by atoms with Crippen LogP contribution in [0.25, 0.3) is 10.3 Å². The summed E-state index contributed by atoms with van der Waals surface area (Å²) >= 11 is 1.22. The van der Waals surface area contributed by atoms with E-state index in [4.69, 9.17) is 0 Å². The summed E-state index contributed by atoms with van der Waals surface area (Å²) in [5.41, 5.74) is 1.18. The van der Waals surface area contributed by atoms with Gasteiger partial charge in [-0.1, -0.05) is 0 Å². The third-order valence-electron chi connectivity index (χ3n) is 1.60. The molecule has 2 rings (SSSR count). The van der Waals surface area contributed by atoms with Crippen molar-refractivity contribution in [3.8, 4) is 0 Å². The number of aromatic amines is 1. The SMILES string of the molecule is Cn1c(=O)[nH]c(=O)c2scnc21. The monoisotopic (exact) mass is 183 g/mol. The first-order chi connectivity index (χ1) is 5.70. The summed E-state index contributed by atoms with van der Waals surface area (Å²) in [6, 6.07) is 0. The van der Waals surface area contributed by atoms with E-state index in [0.29, 0.717) is 10.3 Å². The van der Waals surface area contributed by atoms with E-state index < -0.39 is 5.69 Å². The third-order valence-corrected chi connectivity index (χ3v) is 2.41. The normalized spacial score (nSPS) is 10.8. The van der Waals surface area contributed by atoms with Gasteiger partial charge >= 0.3 is 5.69 Å². The van der Waals surface area contributed by atoms with Gasteiger partial charge in [-0.05, 0) is 0 Å². The predicted molar refractivity (Wildman–Crippen MR) is 45.5 cm³/mol. The smallest absolute Gasteiger partial charge is 0.280 e. The van der Waals surface area contributed by atoms with Gasteiger partial charge in [-0.25, -0.2) is 9.78 Å². The van der Waals surface area contributed by atoms with Gasteiger partial charge < -0.3 is 0 Å². The number of hydrogen-bond donors (Lipinski definition) is 1. The molecule has 1 N–H and O–H groups in total. The number of aromatic nitrogens is 3. The number of rotatable bonds is 0. The number of thiazole rings is 1. The Balaban J connectivity index is 3.18. The minimum atomic E-state index is -0.432. The fraction of sp³-hybridized carbons (Fsp3) is 0.167. The van der Waals surface area contributed by atoms with E-state index in [1.54, 1.807) is 12.6 Å². The van der Waals surface area contributed by atoms with Gasteiger partial charge in [0.2, 0.25) is 0 Å². The Hall–Kier alpha value is -1.43. The molecule has 0 aliphatic rings. The lowest BCUT2D eigenvalue weighted by Gasteiger charge is -1.94. The molecule has 5 nitrogen and oxygen atoms in total. The lowest BCUT2D eigenvalue weighted by atomic mass is 10.6. The molecule has 0 amide bonds. The van der Waals surface area contributed by atoms with Crippen molar-refractivity contribution >= 4 is 21.7 Å². The summed E-state index contributed by atoms with van der Waals surface area (Å²) in [5.74, 6) is 0. The van der Waals surface area contributed by atoms with Crippen molar-refractivity contribution < 1.29 is 0 Å². The van der Waals surface area contributed by atoms with Crippen molar-refractivity contribution in [2.24, 2.45) is 7.05 Å². The Morgan fingerprint density at radius 1 is 1.58 bits per heavy atom. The molecule has 0 aromatic carbocycles. The first kappa shape index (κ1) is 7.23. The van der Waals surface area contributed by atoms with Crippen LogP contribution in [0.2, 0.25) is 0 Å². The number of nitrogens with zero attached hydrogens (tertiary/aromatic N) is 2. The second kappa shape index (κ2) is 2.28. The van der Waals surface area contributed by atoms with Gasteiger partial charge in [0.15, 0.2) is 5.65 Å². The zero-order valence-electron chi connectivity index (χ0n) is 6.20. The average molecular weight is 183 g/mol. The Morgan fingerprint density at radius 2 is 2.33 bits per heavy atom. The van der Waals surface area contributed by atoms with Crippen LogP contribution < -0.4 is 11.2 Å². The van der Waals surface area contributed by atoms with Crippen LogP contribution >= 0.6 is 11.3 Å². The Bertz CT molecular complexity index is 535. The summed E-state index contributed by atoms with van der Waals surface area (Å²) < 4.78 is 1.80. The molecule has 0 radical (unpaired) electrons. The maximum atomic E-state index is 11.1. The molecule has 62 valence electrons. The molecule has 0 spiro atoms. The van der Waals surface area contributed by atoms with E-state index in [1.807, 2.05) is 0 Å². The molecular formula is C6H5N3O2S. The van der Waals surface area contributed by atoms with Crippen LogP contribution in [-0.2, 0) is 7.05 Å². The van der Waals surface area contributed by atoms with Gasteiger partial charge in [0.1, 0.15) is 4.70 Å². The molecule has 0 saturated heterocycles. The van der Waals surface area contributed by atoms with E-state index >= 15 is 0 Å². The fourth-order valence-electron chi connectivity index (χ4n) is 0.968. The van der Waals surface area contributed by atoms with Gasteiger partial charge in [0, 0.05) is 7.05 Å². The number of aryl methyl sites for hydroxylation is 1. The quantitative estimate of drug-likeness (QED) is 0.608. The Morgan fingerprint density at radius 3 is 3.08 bits per heavy atom. The van der Waals surface area contributed by atoms with Gasteiger partial charge in [-0.2, -0.15) is 0 Å². The van der Waals surface area contributed by atoms with Crippen LogP contribution in [0.15, 0.2) is 15.1 Å². The first-order valence-corrected chi connectivity index (χ1v) is 4.10. The second-order valence-electron chi connectivity index (χ2n) is 2.32. The van der Waals surface area contributed by atoms with Crippen LogP contribution in [0, 0.1) is 0 Å². The molecule has 0 aliphatic heterocycles. The van der Waals surface area contributed by atoms with E-state index in [9.17, 15) is 9.59 Å². The largest absolute Gasteiger partial charge is 0.329 e. The maximum Gasteiger partial charge on any atom is 0.329 e. The van der Waals surface area contributed by atoms with E-state index in [-0.39, 0.29) is 5.56 Å². The zero-order chi connectivity index (χ0) is 8.72. The topological polar surface area (TPSA) is 67.8 Å². The highest BCUT2D eigenvalue weighted by Gasteiger charge is 2.05. The molecule has 0 unspecified atom stereocenters. The summed E-state index contributed by atoms with van der Waals surface area (Å²) in [5, 5.41) is 0. The Labute approximate surface area is 70.3 Å². The van der Waals surface area contributed by atoms with E-state index in [2.05, 4.69) is 9.97 Å². The molecule has 2 heterocycles. The van der Waals surface area contributed by atoms with Crippen LogP contribution in [-0.4, -0.2) is 14.5 Å². The van der Waals surface area contributed by atoms with Gasteiger partial charge in [0.25, 0.3) is 5.56 Å². The average Bonchev–Trinajstić information content (AvgIpc) is 2.48. The zero-order valence-corrected chi connectivity index (χ0v) is 7.01. The Kier molecular flexibility index (Phi) is 1.37. The predicted octanol–water partition coefficient (Wildman–Crippen LogP) is -0.317. The fourth-order valence-corrected chi connectivity index (χ4v) is 1.68. The number of hydrogen-bond acceptors (Lipinski definition) is 4. The molecule has 0 saturated carbocycles. The van der Waals surface area contributed by atoms with Crippen LogP contribution in [0.4, 0.5) is 0 Å². The van der Waals surface area contributed by atoms with Crippen molar-refractivity contribution in [1.82, 2.24) is 14.5 Å². The molecule has 0 bridgehead atoms. The molecule has 0 fully saturated rings. The van der Waals surface area contributed by atoms with Crippen LogP contribution in [0.3, 0.4) is 0 Å². The van der Waals surface area contributed by atoms with Gasteiger partial charge in [0.05, 0.1) is 5.51 Å². The van der Waals surface area contributed by atoms with Gasteiger partial charge in [-0.15, -0.1) is 11.3 Å². The van der Waals surface area contributed by atoms with Gasteiger partial charge in [-0.3, -0.25) is 14.3 Å². The molecule has 2 aromatic heterocycles. The number of nitrogens with one attached hydrogen (secondary N) is 1. The second-order valence-corrected chi connectivity index (χ2v) is 3.18. The van der Waals surface area contributed by atoms with Crippen molar-refractivity contribution in [3.05, 3.63) is 26.3 Å². The van der Waals surface area contributed by atoms with E-state index in [1.165, 1.54) is 15.9 Å².